The highest BCUT2D eigenvalue weighted by Gasteiger charge is 2.18. The van der Waals surface area contributed by atoms with Crippen LogP contribution in [0.1, 0.15) is 5.56 Å². The second-order valence-corrected chi connectivity index (χ2v) is 7.60. The molecule has 0 saturated heterocycles. The lowest BCUT2D eigenvalue weighted by molar-refractivity contribution is -0.120. The van der Waals surface area contributed by atoms with Crippen LogP contribution in [0.15, 0.2) is 48.5 Å². The van der Waals surface area contributed by atoms with Gasteiger partial charge in [0.2, 0.25) is 15.9 Å². The van der Waals surface area contributed by atoms with Gasteiger partial charge in [-0.1, -0.05) is 18.2 Å². The lowest BCUT2D eigenvalue weighted by Gasteiger charge is -2.23. The average molecular weight is 380 g/mol. The average Bonchev–Trinajstić information content (AvgIpc) is 2.57. The minimum absolute atomic E-state index is 0.0236. The molecule has 0 aliphatic carbocycles. The molecule has 0 spiro atoms. The molecule has 0 radical (unpaired) electrons. The molecule has 0 bridgehead atoms. The number of nitrogens with one attached hydrogen (secondary N) is 1. The number of amides is 1. The summed E-state index contributed by atoms with van der Waals surface area (Å²) < 4.78 is 43.6. The van der Waals surface area contributed by atoms with Crippen LogP contribution in [-0.2, 0) is 21.2 Å². The van der Waals surface area contributed by atoms with Gasteiger partial charge in [0.15, 0.2) is 0 Å². The van der Waals surface area contributed by atoms with Gasteiger partial charge in [-0.05, 0) is 29.8 Å². The Hall–Kier alpha value is -2.61. The van der Waals surface area contributed by atoms with E-state index < -0.39 is 15.8 Å². The van der Waals surface area contributed by atoms with Gasteiger partial charge in [0.1, 0.15) is 11.6 Å². The highest BCUT2D eigenvalue weighted by molar-refractivity contribution is 7.92. The first-order valence-corrected chi connectivity index (χ1v) is 9.77. The van der Waals surface area contributed by atoms with Crippen LogP contribution in [0.4, 0.5) is 10.1 Å². The first-order valence-electron chi connectivity index (χ1n) is 7.92. The highest BCUT2D eigenvalue weighted by Crippen LogP contribution is 2.22. The molecule has 0 atom stereocenters. The Morgan fingerprint density at radius 3 is 2.58 bits per heavy atom. The highest BCUT2D eigenvalue weighted by atomic mass is 32.2. The van der Waals surface area contributed by atoms with E-state index in [0.29, 0.717) is 17.0 Å². The molecule has 0 saturated carbocycles. The predicted molar refractivity (Wildman–Crippen MR) is 98.3 cm³/mol. The summed E-state index contributed by atoms with van der Waals surface area (Å²) >= 11 is 0. The topological polar surface area (TPSA) is 75.7 Å². The monoisotopic (exact) mass is 380 g/mol. The summed E-state index contributed by atoms with van der Waals surface area (Å²) in [5.41, 5.74) is 1.00. The van der Waals surface area contributed by atoms with Crippen LogP contribution in [0.3, 0.4) is 0 Å². The van der Waals surface area contributed by atoms with E-state index in [1.54, 1.807) is 30.3 Å². The number of carbonyl (C=O) groups excluding carboxylic acids is 1. The van der Waals surface area contributed by atoms with Gasteiger partial charge in [0.05, 0.1) is 32.0 Å². The number of hydrogen-bond acceptors (Lipinski definition) is 4. The zero-order valence-electron chi connectivity index (χ0n) is 14.6. The van der Waals surface area contributed by atoms with Crippen LogP contribution in [-0.4, -0.2) is 40.8 Å². The largest absolute Gasteiger partial charge is 0.497 e. The SMILES string of the molecule is COc1cccc(N(CCNC(=O)Cc2cccc(F)c2)S(C)(=O)=O)c1. The van der Waals surface area contributed by atoms with E-state index in [4.69, 9.17) is 4.74 Å². The van der Waals surface area contributed by atoms with Crippen LogP contribution < -0.4 is 14.4 Å². The fraction of sp³-hybridized carbons (Fsp3) is 0.278. The molecule has 6 nitrogen and oxygen atoms in total. The number of carbonyl (C=O) groups is 1. The summed E-state index contributed by atoms with van der Waals surface area (Å²) in [4.78, 5) is 12.0. The first-order chi connectivity index (χ1) is 12.3. The van der Waals surface area contributed by atoms with Crippen LogP contribution in [0.5, 0.6) is 5.75 Å². The molecule has 8 heteroatoms. The van der Waals surface area contributed by atoms with Crippen LogP contribution >= 0.6 is 0 Å². The lowest BCUT2D eigenvalue weighted by atomic mass is 10.1. The third-order valence-electron chi connectivity index (χ3n) is 3.63. The van der Waals surface area contributed by atoms with Crippen molar-refractivity contribution >= 4 is 21.6 Å². The Labute approximate surface area is 152 Å². The van der Waals surface area contributed by atoms with Crippen molar-refractivity contribution in [3.8, 4) is 5.75 Å². The molecule has 0 unspecified atom stereocenters. The van der Waals surface area contributed by atoms with Crippen molar-refractivity contribution in [3.05, 3.63) is 59.9 Å². The normalized spacial score (nSPS) is 11.0. The zero-order valence-corrected chi connectivity index (χ0v) is 15.4. The van der Waals surface area contributed by atoms with Gasteiger partial charge in [0, 0.05) is 12.6 Å². The standard InChI is InChI=1S/C18H21FN2O4S/c1-25-17-8-4-7-16(13-17)21(26(2,23)24)10-9-20-18(22)12-14-5-3-6-15(19)11-14/h3-8,11,13H,9-10,12H2,1-2H3,(H,20,22). The van der Waals surface area contributed by atoms with Gasteiger partial charge in [-0.15, -0.1) is 0 Å². The Bertz CT molecular complexity index is 871. The molecule has 140 valence electrons. The summed E-state index contributed by atoms with van der Waals surface area (Å²) in [6.45, 7) is 0.194. The van der Waals surface area contributed by atoms with Gasteiger partial charge < -0.3 is 10.1 Å². The summed E-state index contributed by atoms with van der Waals surface area (Å²) in [5.74, 6) is -0.183. The van der Waals surface area contributed by atoms with E-state index in [0.717, 1.165) is 6.26 Å². The summed E-state index contributed by atoms with van der Waals surface area (Å²) in [6, 6.07) is 12.4. The maximum absolute atomic E-state index is 13.1. The van der Waals surface area contributed by atoms with Crippen molar-refractivity contribution < 1.29 is 22.3 Å². The van der Waals surface area contributed by atoms with E-state index in [-0.39, 0.29) is 25.4 Å². The summed E-state index contributed by atoms with van der Waals surface area (Å²) in [6.07, 6.45) is 1.12. The van der Waals surface area contributed by atoms with E-state index >= 15 is 0 Å². The van der Waals surface area contributed by atoms with Crippen molar-refractivity contribution in [3.63, 3.8) is 0 Å². The smallest absolute Gasteiger partial charge is 0.232 e. The van der Waals surface area contributed by atoms with Crippen molar-refractivity contribution in [2.24, 2.45) is 0 Å². The molecule has 2 aromatic rings. The number of hydrogen-bond donors (Lipinski definition) is 1. The number of ether oxygens (including phenoxy) is 1. The Kier molecular flexibility index (Phi) is 6.57. The van der Waals surface area contributed by atoms with Crippen molar-refractivity contribution in [1.29, 1.82) is 0 Å². The fourth-order valence-corrected chi connectivity index (χ4v) is 3.36. The minimum Gasteiger partial charge on any atom is -0.497 e. The van der Waals surface area contributed by atoms with Crippen LogP contribution in [0.25, 0.3) is 0 Å². The molecule has 0 heterocycles. The van der Waals surface area contributed by atoms with Gasteiger partial charge in [0.25, 0.3) is 0 Å². The number of rotatable bonds is 8. The Morgan fingerprint density at radius 1 is 1.19 bits per heavy atom. The third-order valence-corrected chi connectivity index (χ3v) is 4.83. The third kappa shape index (κ3) is 5.73. The van der Waals surface area contributed by atoms with Gasteiger partial charge in [-0.3, -0.25) is 9.10 Å². The quantitative estimate of drug-likeness (QED) is 0.760. The van der Waals surface area contributed by atoms with Crippen molar-refractivity contribution in [1.82, 2.24) is 5.32 Å². The molecule has 26 heavy (non-hydrogen) atoms. The van der Waals surface area contributed by atoms with E-state index in [2.05, 4.69) is 5.32 Å². The zero-order chi connectivity index (χ0) is 19.2. The Morgan fingerprint density at radius 2 is 1.92 bits per heavy atom. The minimum atomic E-state index is -3.53. The predicted octanol–water partition coefficient (Wildman–Crippen LogP) is 1.96. The first kappa shape index (κ1) is 19.7. The summed E-state index contributed by atoms with van der Waals surface area (Å²) in [5, 5.41) is 2.65. The lowest BCUT2D eigenvalue weighted by Crippen LogP contribution is -2.38. The number of methoxy groups -OCH3 is 1. The second-order valence-electron chi connectivity index (χ2n) is 5.69. The fourth-order valence-electron chi connectivity index (χ4n) is 2.44. The van der Waals surface area contributed by atoms with Gasteiger partial charge >= 0.3 is 0 Å². The van der Waals surface area contributed by atoms with Crippen molar-refractivity contribution in [2.75, 3.05) is 30.8 Å². The molecule has 2 aromatic carbocycles. The number of halogens is 1. The number of anilines is 1. The Balaban J connectivity index is 1.98. The summed E-state index contributed by atoms with van der Waals surface area (Å²) in [7, 11) is -2.03. The molecule has 1 N–H and O–H groups in total. The number of sulfonamides is 1. The number of benzene rings is 2. The van der Waals surface area contributed by atoms with Gasteiger partial charge in [-0.2, -0.15) is 0 Å². The number of nitrogens with zero attached hydrogens (tertiary/aromatic N) is 1. The van der Waals surface area contributed by atoms with Gasteiger partial charge in [-0.25, -0.2) is 12.8 Å². The molecule has 0 aromatic heterocycles. The van der Waals surface area contributed by atoms with E-state index in [1.165, 1.54) is 29.6 Å². The van der Waals surface area contributed by atoms with E-state index in [9.17, 15) is 17.6 Å². The molecular weight excluding hydrogens is 359 g/mol. The van der Waals surface area contributed by atoms with Crippen LogP contribution in [0.2, 0.25) is 0 Å². The molecular formula is C18H21FN2O4S. The molecule has 0 fully saturated rings. The van der Waals surface area contributed by atoms with Crippen LogP contribution in [0, 0.1) is 5.82 Å². The maximum Gasteiger partial charge on any atom is 0.232 e. The molecule has 2 rings (SSSR count). The molecule has 1 amide bonds. The van der Waals surface area contributed by atoms with Crippen molar-refractivity contribution in [2.45, 2.75) is 6.42 Å². The van der Waals surface area contributed by atoms with E-state index in [1.807, 2.05) is 0 Å². The second kappa shape index (κ2) is 8.66. The maximum atomic E-state index is 13.1. The molecule has 0 aliphatic rings. The molecule has 0 aliphatic heterocycles.